The van der Waals surface area contributed by atoms with E-state index in [1.54, 1.807) is 0 Å². The molecule has 5 N–H and O–H groups in total. The molecule has 0 aromatic carbocycles. The maximum atomic E-state index is 9.86. The first-order valence-electron chi connectivity index (χ1n) is 3.69. The van der Waals surface area contributed by atoms with Crippen LogP contribution in [-0.2, 0) is 19.2 Å². The number of carboxylic acids is 3. The first-order valence-corrected chi connectivity index (χ1v) is 3.69. The second-order valence-corrected chi connectivity index (χ2v) is 2.32. The Balaban J connectivity index is 0. The van der Waals surface area contributed by atoms with Gasteiger partial charge in [-0.15, -0.1) is 0 Å². The minimum absolute atomic E-state index is 0.0741. The first kappa shape index (κ1) is 15.4. The fourth-order valence-corrected chi connectivity index (χ4v) is 0.360. The topological polar surface area (TPSA) is 155 Å². The molecule has 0 spiro atoms. The van der Waals surface area contributed by atoms with Crippen molar-refractivity contribution < 1.29 is 34.5 Å². The van der Waals surface area contributed by atoms with Gasteiger partial charge in [0, 0.05) is 6.42 Å². The Kier molecular flexibility index (Phi) is 8.68. The summed E-state index contributed by atoms with van der Waals surface area (Å²) in [4.78, 5) is 38.4. The second-order valence-electron chi connectivity index (χ2n) is 2.32. The van der Waals surface area contributed by atoms with E-state index in [0.29, 0.717) is 0 Å². The number of carboxylic acid groups (broad SMARTS) is 3. The highest BCUT2D eigenvalue weighted by Crippen LogP contribution is 1.84. The fourth-order valence-electron chi connectivity index (χ4n) is 0.360. The van der Waals surface area contributed by atoms with E-state index < -0.39 is 30.2 Å². The van der Waals surface area contributed by atoms with E-state index in [1.807, 2.05) is 0 Å². The zero-order valence-electron chi connectivity index (χ0n) is 7.67. The molecule has 1 amide bonds. The van der Waals surface area contributed by atoms with E-state index >= 15 is 0 Å². The van der Waals surface area contributed by atoms with E-state index in [0.717, 1.165) is 0 Å². The molecule has 0 aromatic heterocycles. The number of carbonyl (C=O) groups excluding carboxylic acids is 1. The van der Waals surface area contributed by atoms with E-state index in [-0.39, 0.29) is 12.8 Å². The summed E-state index contributed by atoms with van der Waals surface area (Å²) in [7, 11) is 0. The largest absolute Gasteiger partial charge is 0.481 e. The smallest absolute Gasteiger partial charge is 0.314 e. The molecule has 0 bridgehead atoms. The average Bonchev–Trinajstić information content (AvgIpc) is 1.99. The third kappa shape index (κ3) is 24.5. The predicted octanol–water partition coefficient (Wildman–Crippen LogP) is -1.12. The molecular formula is C7H11NO7. The number of hydrogen-bond donors (Lipinski definition) is 4. The van der Waals surface area contributed by atoms with Gasteiger partial charge in [-0.25, -0.2) is 0 Å². The van der Waals surface area contributed by atoms with Crippen LogP contribution < -0.4 is 5.73 Å². The quantitative estimate of drug-likeness (QED) is 0.428. The van der Waals surface area contributed by atoms with Crippen molar-refractivity contribution >= 4 is 23.8 Å². The van der Waals surface area contributed by atoms with Gasteiger partial charge in [-0.05, 0) is 0 Å². The lowest BCUT2D eigenvalue weighted by molar-refractivity contribution is -0.147. The predicted molar refractivity (Wildman–Crippen MR) is 46.0 cm³/mol. The van der Waals surface area contributed by atoms with E-state index in [1.165, 1.54) is 0 Å². The zero-order valence-corrected chi connectivity index (χ0v) is 7.67. The van der Waals surface area contributed by atoms with Crippen LogP contribution >= 0.6 is 0 Å². The van der Waals surface area contributed by atoms with Gasteiger partial charge in [-0.3, -0.25) is 19.2 Å². The van der Waals surface area contributed by atoms with Crippen molar-refractivity contribution in [3.8, 4) is 0 Å². The molecule has 0 aliphatic heterocycles. The highest BCUT2D eigenvalue weighted by atomic mass is 16.4. The third-order valence-corrected chi connectivity index (χ3v) is 0.888. The van der Waals surface area contributed by atoms with Crippen molar-refractivity contribution in [2.45, 2.75) is 19.3 Å². The molecule has 0 fully saturated rings. The number of aliphatic carboxylic acids is 3. The van der Waals surface area contributed by atoms with E-state index in [4.69, 9.17) is 15.3 Å². The van der Waals surface area contributed by atoms with Gasteiger partial charge >= 0.3 is 17.9 Å². The zero-order chi connectivity index (χ0) is 12.4. The Labute approximate surface area is 84.3 Å². The van der Waals surface area contributed by atoms with Crippen LogP contribution in [0.3, 0.4) is 0 Å². The Morgan fingerprint density at radius 1 is 0.800 bits per heavy atom. The monoisotopic (exact) mass is 221 g/mol. The number of rotatable bonds is 5. The van der Waals surface area contributed by atoms with Crippen molar-refractivity contribution in [3.05, 3.63) is 0 Å². The number of hydrogen-bond acceptors (Lipinski definition) is 4. The molecule has 15 heavy (non-hydrogen) atoms. The number of carbonyl (C=O) groups is 4. The van der Waals surface area contributed by atoms with Gasteiger partial charge in [0.15, 0.2) is 0 Å². The molecule has 0 aliphatic rings. The molecule has 0 saturated carbocycles. The molecule has 0 unspecified atom stereocenters. The molecule has 0 aromatic rings. The fraction of sp³-hybridized carbons (Fsp3) is 0.429. The molecular weight excluding hydrogens is 210 g/mol. The second kappa shape index (κ2) is 8.48. The summed E-state index contributed by atoms with van der Waals surface area (Å²) < 4.78 is 0. The van der Waals surface area contributed by atoms with Crippen LogP contribution in [0.2, 0.25) is 0 Å². The normalized spacial score (nSPS) is 8.27. The molecule has 0 aliphatic carbocycles. The SMILES string of the molecule is NC(=O)CCC(=O)O.O=C(O)CC(=O)O. The van der Waals surface area contributed by atoms with Crippen LogP contribution in [0.25, 0.3) is 0 Å². The van der Waals surface area contributed by atoms with E-state index in [2.05, 4.69) is 5.73 Å². The van der Waals surface area contributed by atoms with Crippen molar-refractivity contribution in [3.63, 3.8) is 0 Å². The molecule has 0 saturated heterocycles. The lowest BCUT2D eigenvalue weighted by Crippen LogP contribution is -2.12. The standard InChI is InChI=1S/C4H7NO3.C3H4O4/c5-3(6)1-2-4(7)8;4-2(5)1-3(6)7/h1-2H2,(H2,5,6)(H,7,8);1H2,(H,4,5)(H,6,7). The third-order valence-electron chi connectivity index (χ3n) is 0.888. The van der Waals surface area contributed by atoms with E-state index in [9.17, 15) is 19.2 Å². The lowest BCUT2D eigenvalue weighted by atomic mass is 10.3. The summed E-state index contributed by atoms with van der Waals surface area (Å²) in [6.45, 7) is 0. The minimum Gasteiger partial charge on any atom is -0.481 e. The Morgan fingerprint density at radius 3 is 1.27 bits per heavy atom. The van der Waals surface area contributed by atoms with Crippen LogP contribution in [0, 0.1) is 0 Å². The maximum Gasteiger partial charge on any atom is 0.314 e. The Hall–Kier alpha value is -2.12. The van der Waals surface area contributed by atoms with Crippen molar-refractivity contribution in [2.24, 2.45) is 5.73 Å². The summed E-state index contributed by atoms with van der Waals surface area (Å²) in [5.41, 5.74) is 4.64. The highest BCUT2D eigenvalue weighted by molar-refractivity contribution is 5.88. The van der Waals surface area contributed by atoms with Crippen molar-refractivity contribution in [1.29, 1.82) is 0 Å². The van der Waals surface area contributed by atoms with Gasteiger partial charge in [-0.2, -0.15) is 0 Å². The number of amides is 1. The summed E-state index contributed by atoms with van der Waals surface area (Å²) in [6.07, 6.45) is -1.05. The maximum absolute atomic E-state index is 9.86. The van der Waals surface area contributed by atoms with Crippen LogP contribution in [0.1, 0.15) is 19.3 Å². The van der Waals surface area contributed by atoms with Gasteiger partial charge < -0.3 is 21.1 Å². The average molecular weight is 221 g/mol. The van der Waals surface area contributed by atoms with Crippen LogP contribution in [0.5, 0.6) is 0 Å². The molecule has 0 heterocycles. The molecule has 0 atom stereocenters. The minimum atomic E-state index is -1.31. The summed E-state index contributed by atoms with van der Waals surface area (Å²) >= 11 is 0. The van der Waals surface area contributed by atoms with Gasteiger partial charge in [-0.1, -0.05) is 0 Å². The first-order chi connectivity index (χ1) is 6.75. The molecule has 0 rings (SSSR count). The van der Waals surface area contributed by atoms with Gasteiger partial charge in [0.2, 0.25) is 5.91 Å². The summed E-state index contributed by atoms with van der Waals surface area (Å²) in [5.74, 6) is -4.20. The lowest BCUT2D eigenvalue weighted by Gasteiger charge is -1.86. The van der Waals surface area contributed by atoms with Gasteiger partial charge in [0.1, 0.15) is 6.42 Å². The molecule has 8 heteroatoms. The molecule has 8 nitrogen and oxygen atoms in total. The van der Waals surface area contributed by atoms with Crippen LogP contribution in [0.4, 0.5) is 0 Å². The molecule has 86 valence electrons. The van der Waals surface area contributed by atoms with Crippen molar-refractivity contribution in [2.75, 3.05) is 0 Å². The highest BCUT2D eigenvalue weighted by Gasteiger charge is 2.01. The summed E-state index contributed by atoms with van der Waals surface area (Å²) in [5, 5.41) is 23.4. The van der Waals surface area contributed by atoms with Gasteiger partial charge in [0.25, 0.3) is 0 Å². The van der Waals surface area contributed by atoms with Crippen LogP contribution in [0.15, 0.2) is 0 Å². The Morgan fingerprint density at radius 2 is 1.20 bits per heavy atom. The Bertz CT molecular complexity index is 234. The van der Waals surface area contributed by atoms with Crippen LogP contribution in [-0.4, -0.2) is 39.1 Å². The number of nitrogens with two attached hydrogens (primary N) is 1. The van der Waals surface area contributed by atoms with Gasteiger partial charge in [0.05, 0.1) is 6.42 Å². The summed E-state index contributed by atoms with van der Waals surface area (Å²) in [6, 6.07) is 0. The number of primary amides is 1. The molecule has 0 radical (unpaired) electrons. The van der Waals surface area contributed by atoms with Crippen molar-refractivity contribution in [1.82, 2.24) is 0 Å².